The molecule has 0 fully saturated rings. The van der Waals surface area contributed by atoms with Crippen LogP contribution in [0.25, 0.3) is 5.69 Å². The number of benzene rings is 2. The summed E-state index contributed by atoms with van der Waals surface area (Å²) in [7, 11) is 0. The number of aryl methyl sites for hydroxylation is 1. The fourth-order valence-electron chi connectivity index (χ4n) is 3.18. The van der Waals surface area contributed by atoms with Crippen molar-refractivity contribution in [1.29, 1.82) is 0 Å². The molecule has 0 bridgehead atoms. The summed E-state index contributed by atoms with van der Waals surface area (Å²) in [6, 6.07) is 15.0. The van der Waals surface area contributed by atoms with Gasteiger partial charge in [0.25, 0.3) is 0 Å². The van der Waals surface area contributed by atoms with E-state index in [0.29, 0.717) is 23.0 Å². The van der Waals surface area contributed by atoms with Crippen LogP contribution in [0.1, 0.15) is 35.9 Å². The van der Waals surface area contributed by atoms with Crippen LogP contribution in [0.15, 0.2) is 53.5 Å². The number of halogens is 1. The molecule has 3 aromatic rings. The zero-order valence-electron chi connectivity index (χ0n) is 14.4. The fraction of sp³-hybridized carbons (Fsp3) is 0.158. The van der Waals surface area contributed by atoms with Crippen molar-refractivity contribution in [2.75, 3.05) is 0 Å². The highest BCUT2D eigenvalue weighted by Crippen LogP contribution is 2.30. The summed E-state index contributed by atoms with van der Waals surface area (Å²) in [6.07, 6.45) is -1.41. The number of hydrogen-bond acceptors (Lipinski definition) is 4. The number of rotatable bonds is 3. The highest BCUT2D eigenvalue weighted by molar-refractivity contribution is 6.30. The second-order valence-corrected chi connectivity index (χ2v) is 6.45. The number of aromatic nitrogens is 3. The van der Waals surface area contributed by atoms with Crippen molar-refractivity contribution in [3.8, 4) is 5.69 Å². The van der Waals surface area contributed by atoms with Crippen LogP contribution in [-0.2, 0) is 6.42 Å². The molecule has 136 valence electrons. The number of carbonyl (C=O) groups is 1. The average molecular weight is 382 g/mol. The van der Waals surface area contributed by atoms with Crippen molar-refractivity contribution in [3.63, 3.8) is 0 Å². The van der Waals surface area contributed by atoms with E-state index in [-0.39, 0.29) is 0 Å². The third-order valence-electron chi connectivity index (χ3n) is 4.35. The lowest BCUT2D eigenvalue weighted by Gasteiger charge is -2.13. The van der Waals surface area contributed by atoms with Crippen LogP contribution in [0.5, 0.6) is 0 Å². The monoisotopic (exact) mass is 381 g/mol. The Kier molecular flexibility index (Phi) is 4.37. The number of para-hydroxylation sites is 1. The summed E-state index contributed by atoms with van der Waals surface area (Å²) in [6.45, 7) is 1.98. The molecule has 1 aromatic heterocycles. The van der Waals surface area contributed by atoms with Gasteiger partial charge in [-0.25, -0.2) is 4.79 Å². The van der Waals surface area contributed by atoms with E-state index in [2.05, 4.69) is 15.5 Å². The maximum Gasteiger partial charge on any atom is 0.406 e. The summed E-state index contributed by atoms with van der Waals surface area (Å²) in [5.41, 5.74) is 3.22. The molecule has 2 aromatic carbocycles. The summed E-state index contributed by atoms with van der Waals surface area (Å²) in [5.74, 6) is 1.17. The lowest BCUT2D eigenvalue weighted by molar-refractivity contribution is 0.189. The molecule has 27 heavy (non-hydrogen) atoms. The molecule has 0 radical (unpaired) electrons. The Morgan fingerprint density at radius 2 is 1.93 bits per heavy atom. The van der Waals surface area contributed by atoms with Crippen LogP contribution in [0.4, 0.5) is 4.79 Å². The first-order valence-corrected chi connectivity index (χ1v) is 8.83. The minimum atomic E-state index is -1.18. The van der Waals surface area contributed by atoms with E-state index in [0.717, 1.165) is 22.6 Å². The molecule has 4 rings (SSSR count). The predicted molar refractivity (Wildman–Crippen MR) is 102 cm³/mol. The lowest BCUT2D eigenvalue weighted by atomic mass is 10.0. The third kappa shape index (κ3) is 3.06. The van der Waals surface area contributed by atoms with Crippen LogP contribution in [0, 0.1) is 0 Å². The van der Waals surface area contributed by atoms with Crippen molar-refractivity contribution in [2.45, 2.75) is 19.5 Å². The Morgan fingerprint density at radius 3 is 2.63 bits per heavy atom. The van der Waals surface area contributed by atoms with Crippen LogP contribution < -0.4 is 5.32 Å². The summed E-state index contributed by atoms with van der Waals surface area (Å²) in [4.78, 5) is 16.1. The first-order chi connectivity index (χ1) is 13.1. The highest BCUT2D eigenvalue weighted by atomic mass is 35.5. The van der Waals surface area contributed by atoms with E-state index in [4.69, 9.17) is 16.6 Å². The topological polar surface area (TPSA) is 92.4 Å². The quantitative estimate of drug-likeness (QED) is 0.725. The Balaban J connectivity index is 2.00. The molecule has 1 unspecified atom stereocenters. The SMILES string of the molecule is CCc1nnc2n1-c1ccccc1C(c1ccc(Cl)cc1)=NC2NC(=O)O. The molecule has 1 aliphatic heterocycles. The van der Waals surface area contributed by atoms with Crippen molar-refractivity contribution in [1.82, 2.24) is 20.1 Å². The zero-order valence-corrected chi connectivity index (χ0v) is 15.2. The van der Waals surface area contributed by atoms with Crippen LogP contribution >= 0.6 is 11.6 Å². The molecule has 0 aliphatic carbocycles. The van der Waals surface area contributed by atoms with Crippen molar-refractivity contribution < 1.29 is 9.90 Å². The van der Waals surface area contributed by atoms with Gasteiger partial charge < -0.3 is 5.11 Å². The summed E-state index contributed by atoms with van der Waals surface area (Å²) >= 11 is 6.02. The fourth-order valence-corrected chi connectivity index (χ4v) is 3.30. The summed E-state index contributed by atoms with van der Waals surface area (Å²) < 4.78 is 1.88. The molecule has 2 heterocycles. The Hall–Kier alpha value is -3.19. The van der Waals surface area contributed by atoms with E-state index >= 15 is 0 Å². The Labute approximate surface area is 160 Å². The molecule has 2 N–H and O–H groups in total. The molecular weight excluding hydrogens is 366 g/mol. The maximum atomic E-state index is 11.4. The molecule has 1 atom stereocenters. The lowest BCUT2D eigenvalue weighted by Crippen LogP contribution is -2.27. The van der Waals surface area contributed by atoms with Crippen molar-refractivity contribution in [2.24, 2.45) is 4.99 Å². The van der Waals surface area contributed by atoms with Gasteiger partial charge in [0, 0.05) is 22.6 Å². The molecule has 0 spiro atoms. The van der Waals surface area contributed by atoms with Gasteiger partial charge in [-0.05, 0) is 18.2 Å². The third-order valence-corrected chi connectivity index (χ3v) is 4.60. The number of hydrogen-bond donors (Lipinski definition) is 2. The molecule has 0 saturated heterocycles. The molecule has 7 nitrogen and oxygen atoms in total. The number of fused-ring (bicyclic) bond motifs is 3. The molecular formula is C19H16ClN5O2. The van der Waals surface area contributed by atoms with Crippen molar-refractivity contribution in [3.05, 3.63) is 76.3 Å². The van der Waals surface area contributed by atoms with Gasteiger partial charge in [-0.3, -0.25) is 14.9 Å². The first-order valence-electron chi connectivity index (χ1n) is 8.45. The number of nitrogens with one attached hydrogen (secondary N) is 1. The Morgan fingerprint density at radius 1 is 1.19 bits per heavy atom. The van der Waals surface area contributed by atoms with Gasteiger partial charge >= 0.3 is 6.09 Å². The van der Waals surface area contributed by atoms with Gasteiger partial charge in [-0.15, -0.1) is 10.2 Å². The molecule has 8 heteroatoms. The molecule has 1 amide bonds. The molecule has 0 saturated carbocycles. The number of aliphatic imine (C=N–C) groups is 1. The van der Waals surface area contributed by atoms with E-state index in [1.165, 1.54) is 0 Å². The largest absolute Gasteiger partial charge is 0.465 e. The minimum Gasteiger partial charge on any atom is -0.465 e. The Bertz CT molecular complexity index is 1040. The second kappa shape index (κ2) is 6.85. The molecule has 1 aliphatic rings. The van der Waals surface area contributed by atoms with E-state index in [1.54, 1.807) is 12.1 Å². The van der Waals surface area contributed by atoms with Gasteiger partial charge in [-0.1, -0.05) is 48.9 Å². The van der Waals surface area contributed by atoms with Gasteiger partial charge in [-0.2, -0.15) is 0 Å². The van der Waals surface area contributed by atoms with Gasteiger partial charge in [0.05, 0.1) is 11.4 Å². The van der Waals surface area contributed by atoms with E-state index in [9.17, 15) is 9.90 Å². The maximum absolute atomic E-state index is 11.4. The normalized spacial score (nSPS) is 15.3. The average Bonchev–Trinajstić information content (AvgIpc) is 3.04. The van der Waals surface area contributed by atoms with Crippen LogP contribution in [0.2, 0.25) is 5.02 Å². The van der Waals surface area contributed by atoms with Gasteiger partial charge in [0.1, 0.15) is 5.82 Å². The second-order valence-electron chi connectivity index (χ2n) is 6.02. The number of nitrogens with zero attached hydrogens (tertiary/aromatic N) is 4. The van der Waals surface area contributed by atoms with Crippen molar-refractivity contribution >= 4 is 23.4 Å². The summed E-state index contributed by atoms with van der Waals surface area (Å²) in [5, 5.41) is 20.8. The van der Waals surface area contributed by atoms with Crippen LogP contribution in [0.3, 0.4) is 0 Å². The van der Waals surface area contributed by atoms with E-state index in [1.807, 2.05) is 47.9 Å². The number of carboxylic acid groups (broad SMARTS) is 1. The van der Waals surface area contributed by atoms with Crippen LogP contribution in [-0.4, -0.2) is 31.7 Å². The minimum absolute atomic E-state index is 0.436. The van der Waals surface area contributed by atoms with E-state index < -0.39 is 12.3 Å². The highest BCUT2D eigenvalue weighted by Gasteiger charge is 2.29. The zero-order chi connectivity index (χ0) is 19.0. The standard InChI is InChI=1S/C19H16ClN5O2/c1-2-15-23-24-18-17(22-19(26)27)21-16(11-7-9-12(20)10-8-11)13-5-3-4-6-14(13)25(15)18/h3-10,17,22H,2H2,1H3,(H,26,27). The number of amides is 1. The smallest absolute Gasteiger partial charge is 0.406 e. The van der Waals surface area contributed by atoms with Gasteiger partial charge in [0.2, 0.25) is 0 Å². The predicted octanol–water partition coefficient (Wildman–Crippen LogP) is 3.60. The first kappa shape index (κ1) is 17.2. The van der Waals surface area contributed by atoms with Gasteiger partial charge in [0.15, 0.2) is 12.0 Å².